The first-order valence-corrected chi connectivity index (χ1v) is 9.48. The molecule has 3 N–H and O–H groups in total. The number of nitrogens with one attached hydrogen (secondary N) is 3. The number of fused-ring (bicyclic) bond motifs is 1. The molecule has 2 aromatic heterocycles. The lowest BCUT2D eigenvalue weighted by atomic mass is 10.2. The minimum atomic E-state index is -4.83. The summed E-state index contributed by atoms with van der Waals surface area (Å²) in [7, 11) is 0. The molecule has 32 heavy (non-hydrogen) atoms. The molecule has 1 saturated carbocycles. The van der Waals surface area contributed by atoms with E-state index in [1.54, 1.807) is 6.07 Å². The van der Waals surface area contributed by atoms with Gasteiger partial charge in [-0.2, -0.15) is 14.6 Å². The van der Waals surface area contributed by atoms with E-state index in [1.807, 2.05) is 0 Å². The average molecular weight is 445 g/mol. The predicted molar refractivity (Wildman–Crippen MR) is 104 cm³/mol. The van der Waals surface area contributed by atoms with Gasteiger partial charge < -0.3 is 15.4 Å². The van der Waals surface area contributed by atoms with Crippen LogP contribution in [0.2, 0.25) is 0 Å². The van der Waals surface area contributed by atoms with E-state index in [1.165, 1.54) is 35.0 Å². The Morgan fingerprint density at radius 3 is 2.69 bits per heavy atom. The topological polar surface area (TPSA) is 123 Å². The van der Waals surface area contributed by atoms with Gasteiger partial charge in [-0.3, -0.25) is 10.1 Å². The third kappa shape index (κ3) is 4.04. The lowest BCUT2D eigenvalue weighted by Gasteiger charge is -2.11. The zero-order chi connectivity index (χ0) is 22.5. The predicted octanol–water partition coefficient (Wildman–Crippen LogP) is 2.44. The first kappa shape index (κ1) is 19.8. The molecule has 5 rings (SSSR count). The van der Waals surface area contributed by atoms with Gasteiger partial charge in [0.15, 0.2) is 11.5 Å². The maximum atomic E-state index is 12.6. The SMILES string of the molecule is O=C1NC(=O)/C(=C\c2cnn3c(NC4CC4)nc(-c4cccc(OC(F)(F)F)c4)nc23)N1. The molecule has 3 aromatic rings. The summed E-state index contributed by atoms with van der Waals surface area (Å²) in [6.45, 7) is 0. The Labute approximate surface area is 177 Å². The molecule has 164 valence electrons. The van der Waals surface area contributed by atoms with Crippen molar-refractivity contribution in [1.29, 1.82) is 0 Å². The standard InChI is InChI=1S/C19H14F3N7O3/c20-19(21,22)32-12-3-1-2-9(6-12)14-26-15-10(7-13-16(30)28-18(31)25-13)8-23-29(15)17(27-14)24-11-4-5-11/h1-3,6-8,11H,4-5H2,(H,24,26,27)(H2,25,28,30,31)/b13-7+. The number of hydrogen-bond donors (Lipinski definition) is 3. The van der Waals surface area contributed by atoms with Crippen LogP contribution in [0.1, 0.15) is 18.4 Å². The van der Waals surface area contributed by atoms with Crippen molar-refractivity contribution in [3.05, 3.63) is 41.7 Å². The number of carbonyl (C=O) groups is 2. The lowest BCUT2D eigenvalue weighted by molar-refractivity contribution is -0.274. The zero-order valence-corrected chi connectivity index (χ0v) is 16.1. The van der Waals surface area contributed by atoms with E-state index >= 15 is 0 Å². The van der Waals surface area contributed by atoms with Crippen LogP contribution in [0.3, 0.4) is 0 Å². The van der Waals surface area contributed by atoms with Crippen molar-refractivity contribution in [1.82, 2.24) is 30.2 Å². The van der Waals surface area contributed by atoms with E-state index in [-0.39, 0.29) is 17.6 Å². The van der Waals surface area contributed by atoms with Crippen molar-refractivity contribution in [2.75, 3.05) is 5.32 Å². The largest absolute Gasteiger partial charge is 0.573 e. The molecule has 3 amide bonds. The maximum absolute atomic E-state index is 12.6. The summed E-state index contributed by atoms with van der Waals surface area (Å²) in [5.74, 6) is -0.527. The Balaban J connectivity index is 1.60. The fourth-order valence-electron chi connectivity index (χ4n) is 3.10. The van der Waals surface area contributed by atoms with E-state index in [0.29, 0.717) is 22.7 Å². The number of anilines is 1. The summed E-state index contributed by atoms with van der Waals surface area (Å²) in [5, 5.41) is 11.9. The van der Waals surface area contributed by atoms with Gasteiger partial charge in [-0.15, -0.1) is 13.2 Å². The van der Waals surface area contributed by atoms with Gasteiger partial charge in [0.2, 0.25) is 5.95 Å². The summed E-state index contributed by atoms with van der Waals surface area (Å²) in [5.41, 5.74) is 1.01. The fourth-order valence-corrected chi connectivity index (χ4v) is 3.10. The van der Waals surface area contributed by atoms with Crippen molar-refractivity contribution in [2.45, 2.75) is 25.2 Å². The van der Waals surface area contributed by atoms with Crippen LogP contribution in [0.4, 0.5) is 23.9 Å². The summed E-state index contributed by atoms with van der Waals surface area (Å²) < 4.78 is 43.3. The molecule has 10 nitrogen and oxygen atoms in total. The molecule has 3 heterocycles. The van der Waals surface area contributed by atoms with Crippen molar-refractivity contribution in [3.8, 4) is 17.1 Å². The van der Waals surface area contributed by atoms with Crippen LogP contribution in [0.5, 0.6) is 5.75 Å². The van der Waals surface area contributed by atoms with Crippen LogP contribution in [0.25, 0.3) is 23.1 Å². The molecule has 1 aromatic carbocycles. The smallest absolute Gasteiger partial charge is 0.406 e. The molecule has 1 aliphatic heterocycles. The number of urea groups is 1. The van der Waals surface area contributed by atoms with E-state index in [9.17, 15) is 22.8 Å². The van der Waals surface area contributed by atoms with Crippen LogP contribution in [0, 0.1) is 0 Å². The molecule has 0 unspecified atom stereocenters. The quantitative estimate of drug-likeness (QED) is 0.407. The Kier molecular flexibility index (Phi) is 4.46. The van der Waals surface area contributed by atoms with Gasteiger partial charge in [0.05, 0.1) is 6.20 Å². The molecule has 0 spiro atoms. The van der Waals surface area contributed by atoms with Crippen LogP contribution in [-0.2, 0) is 4.79 Å². The monoisotopic (exact) mass is 445 g/mol. The normalized spacial score (nSPS) is 17.5. The molecule has 1 saturated heterocycles. The molecule has 0 bridgehead atoms. The average Bonchev–Trinajstić information content (AvgIpc) is 3.35. The van der Waals surface area contributed by atoms with Gasteiger partial charge in [0.1, 0.15) is 11.4 Å². The molecular formula is C19H14F3N7O3. The zero-order valence-electron chi connectivity index (χ0n) is 16.1. The number of rotatable bonds is 5. The highest BCUT2D eigenvalue weighted by atomic mass is 19.4. The second-order valence-corrected chi connectivity index (χ2v) is 7.17. The Bertz CT molecular complexity index is 1280. The van der Waals surface area contributed by atoms with Gasteiger partial charge in [-0.1, -0.05) is 12.1 Å². The highest BCUT2D eigenvalue weighted by molar-refractivity contribution is 6.14. The number of alkyl halides is 3. The third-order valence-corrected chi connectivity index (χ3v) is 4.65. The number of hydrogen-bond acceptors (Lipinski definition) is 7. The van der Waals surface area contributed by atoms with Crippen LogP contribution in [-0.4, -0.2) is 43.9 Å². The number of nitrogens with zero attached hydrogens (tertiary/aromatic N) is 4. The maximum Gasteiger partial charge on any atom is 0.573 e. The van der Waals surface area contributed by atoms with Crippen molar-refractivity contribution < 1.29 is 27.5 Å². The minimum absolute atomic E-state index is 0.0161. The fraction of sp³-hybridized carbons (Fsp3) is 0.211. The van der Waals surface area contributed by atoms with Crippen molar-refractivity contribution in [2.24, 2.45) is 0 Å². The molecule has 1 aliphatic carbocycles. The molecule has 2 fully saturated rings. The number of benzene rings is 1. The van der Waals surface area contributed by atoms with E-state index < -0.39 is 24.1 Å². The van der Waals surface area contributed by atoms with Crippen LogP contribution < -0.4 is 20.7 Å². The van der Waals surface area contributed by atoms with Crippen LogP contribution >= 0.6 is 0 Å². The number of carbonyl (C=O) groups excluding carboxylic acids is 2. The molecule has 2 aliphatic rings. The first-order valence-electron chi connectivity index (χ1n) is 9.48. The van der Waals surface area contributed by atoms with Crippen molar-refractivity contribution >= 4 is 29.6 Å². The number of imide groups is 1. The highest BCUT2D eigenvalue weighted by Crippen LogP contribution is 2.29. The van der Waals surface area contributed by atoms with Gasteiger partial charge in [0, 0.05) is 17.2 Å². The summed E-state index contributed by atoms with van der Waals surface area (Å²) in [6.07, 6.45) is -0.0945. The summed E-state index contributed by atoms with van der Waals surface area (Å²) >= 11 is 0. The second-order valence-electron chi connectivity index (χ2n) is 7.17. The molecule has 13 heteroatoms. The van der Waals surface area contributed by atoms with Crippen molar-refractivity contribution in [3.63, 3.8) is 0 Å². The minimum Gasteiger partial charge on any atom is -0.406 e. The highest BCUT2D eigenvalue weighted by Gasteiger charge is 2.31. The molecule has 0 radical (unpaired) electrons. The first-order chi connectivity index (χ1) is 15.2. The Hall–Kier alpha value is -4.16. The second kappa shape index (κ2) is 7.21. The summed E-state index contributed by atoms with van der Waals surface area (Å²) in [6, 6.07) is 4.86. The van der Waals surface area contributed by atoms with Crippen LogP contribution in [0.15, 0.2) is 36.2 Å². The number of halogens is 3. The summed E-state index contributed by atoms with van der Waals surface area (Å²) in [4.78, 5) is 32.1. The van der Waals surface area contributed by atoms with E-state index in [0.717, 1.165) is 12.8 Å². The Morgan fingerprint density at radius 1 is 1.19 bits per heavy atom. The van der Waals surface area contributed by atoms with E-state index in [4.69, 9.17) is 0 Å². The van der Waals surface area contributed by atoms with Gasteiger partial charge in [-0.25, -0.2) is 9.78 Å². The number of ether oxygens (including phenoxy) is 1. The van der Waals surface area contributed by atoms with E-state index in [2.05, 4.69) is 35.8 Å². The molecular weight excluding hydrogens is 431 g/mol. The number of amides is 3. The van der Waals surface area contributed by atoms with Gasteiger partial charge >= 0.3 is 12.4 Å². The number of aromatic nitrogens is 4. The van der Waals surface area contributed by atoms with Gasteiger partial charge in [0.25, 0.3) is 5.91 Å². The Morgan fingerprint density at radius 2 is 2.00 bits per heavy atom. The third-order valence-electron chi connectivity index (χ3n) is 4.65. The molecule has 0 atom stereocenters. The van der Waals surface area contributed by atoms with Gasteiger partial charge in [-0.05, 0) is 31.1 Å². The lowest BCUT2D eigenvalue weighted by Crippen LogP contribution is -2.22.